The number of aliphatic carboxylic acids is 1. The van der Waals surface area contributed by atoms with Crippen molar-refractivity contribution < 1.29 is 19.4 Å². The summed E-state index contributed by atoms with van der Waals surface area (Å²) in [6, 6.07) is 0. The van der Waals surface area contributed by atoms with Gasteiger partial charge in [0.2, 0.25) is 5.91 Å². The second-order valence-electron chi connectivity index (χ2n) is 6.37. The fourth-order valence-corrected chi connectivity index (χ4v) is 2.39. The summed E-state index contributed by atoms with van der Waals surface area (Å²) in [5.74, 6) is -1.17. The van der Waals surface area contributed by atoms with Crippen LogP contribution in [0.3, 0.4) is 0 Å². The zero-order valence-corrected chi connectivity index (χ0v) is 12.8. The zero-order valence-electron chi connectivity index (χ0n) is 12.8. The first-order valence-electron chi connectivity index (χ1n) is 7.51. The molecule has 1 aliphatic heterocycles. The Labute approximate surface area is 121 Å². The quantitative estimate of drug-likeness (QED) is 0.671. The molecule has 1 heterocycles. The second-order valence-corrected chi connectivity index (χ2v) is 6.37. The van der Waals surface area contributed by atoms with E-state index >= 15 is 0 Å². The Morgan fingerprint density at radius 2 is 1.90 bits per heavy atom. The van der Waals surface area contributed by atoms with Crippen molar-refractivity contribution in [2.75, 3.05) is 6.54 Å². The van der Waals surface area contributed by atoms with Crippen LogP contribution in [0, 0.1) is 5.41 Å². The van der Waals surface area contributed by atoms with Crippen LogP contribution < -0.4 is 5.32 Å². The molecule has 0 aromatic carbocycles. The molecule has 0 spiro atoms. The standard InChI is InChI=1S/C15H27NO4/c1-4-5-6-9-15(2,3)10-16-13(17)11-7-8-12(20-11)14(18)19/h11-12H,4-10H2,1-3H3,(H,16,17)(H,18,19). The summed E-state index contributed by atoms with van der Waals surface area (Å²) in [4.78, 5) is 22.7. The highest BCUT2D eigenvalue weighted by Gasteiger charge is 2.35. The number of carboxylic acid groups (broad SMARTS) is 1. The molecule has 1 amide bonds. The van der Waals surface area contributed by atoms with Crippen molar-refractivity contribution in [2.24, 2.45) is 5.41 Å². The van der Waals surface area contributed by atoms with Gasteiger partial charge in [-0.3, -0.25) is 4.79 Å². The number of rotatable bonds is 8. The molecule has 0 aliphatic carbocycles. The number of carbonyl (C=O) groups excluding carboxylic acids is 1. The van der Waals surface area contributed by atoms with Crippen LogP contribution in [0.5, 0.6) is 0 Å². The molecule has 5 heteroatoms. The first-order valence-corrected chi connectivity index (χ1v) is 7.51. The van der Waals surface area contributed by atoms with Crippen LogP contribution in [-0.2, 0) is 14.3 Å². The number of nitrogens with one attached hydrogen (secondary N) is 1. The van der Waals surface area contributed by atoms with Crippen LogP contribution in [0.1, 0.15) is 59.3 Å². The second kappa shape index (κ2) is 7.62. The summed E-state index contributed by atoms with van der Waals surface area (Å²) in [5, 5.41) is 11.7. The minimum atomic E-state index is -0.986. The van der Waals surface area contributed by atoms with Gasteiger partial charge < -0.3 is 15.2 Å². The molecule has 2 N–H and O–H groups in total. The first-order chi connectivity index (χ1) is 9.35. The number of hydrogen-bond acceptors (Lipinski definition) is 3. The number of hydrogen-bond donors (Lipinski definition) is 2. The Morgan fingerprint density at radius 3 is 2.45 bits per heavy atom. The topological polar surface area (TPSA) is 75.6 Å². The molecule has 0 radical (unpaired) electrons. The fraction of sp³-hybridized carbons (Fsp3) is 0.867. The third-order valence-electron chi connectivity index (χ3n) is 3.79. The van der Waals surface area contributed by atoms with E-state index in [2.05, 4.69) is 26.1 Å². The van der Waals surface area contributed by atoms with Crippen LogP contribution in [0.15, 0.2) is 0 Å². The summed E-state index contributed by atoms with van der Waals surface area (Å²) in [6.07, 6.45) is 4.10. The Kier molecular flexibility index (Phi) is 6.46. The van der Waals surface area contributed by atoms with Crippen molar-refractivity contribution in [2.45, 2.75) is 71.5 Å². The summed E-state index contributed by atoms with van der Waals surface area (Å²) in [7, 11) is 0. The number of amides is 1. The van der Waals surface area contributed by atoms with Crippen LogP contribution >= 0.6 is 0 Å². The van der Waals surface area contributed by atoms with Crippen molar-refractivity contribution in [1.29, 1.82) is 0 Å². The van der Waals surface area contributed by atoms with Gasteiger partial charge in [0.25, 0.3) is 0 Å². The van der Waals surface area contributed by atoms with Gasteiger partial charge in [-0.1, -0.05) is 40.0 Å². The maximum absolute atomic E-state index is 12.0. The Morgan fingerprint density at radius 1 is 1.25 bits per heavy atom. The van der Waals surface area contributed by atoms with Crippen LogP contribution in [0.4, 0.5) is 0 Å². The average molecular weight is 285 g/mol. The molecule has 20 heavy (non-hydrogen) atoms. The minimum Gasteiger partial charge on any atom is -0.479 e. The highest BCUT2D eigenvalue weighted by Crippen LogP contribution is 2.24. The predicted molar refractivity (Wildman–Crippen MR) is 76.5 cm³/mol. The van der Waals surface area contributed by atoms with E-state index in [1.807, 2.05) is 0 Å². The number of carboxylic acids is 1. The van der Waals surface area contributed by atoms with Crippen LogP contribution in [0.25, 0.3) is 0 Å². The minimum absolute atomic E-state index is 0.0651. The van der Waals surface area contributed by atoms with Crippen molar-refractivity contribution in [3.05, 3.63) is 0 Å². The van der Waals surface area contributed by atoms with E-state index in [9.17, 15) is 9.59 Å². The molecule has 0 bridgehead atoms. The largest absolute Gasteiger partial charge is 0.479 e. The highest BCUT2D eigenvalue weighted by molar-refractivity contribution is 5.82. The highest BCUT2D eigenvalue weighted by atomic mass is 16.5. The molecular weight excluding hydrogens is 258 g/mol. The van der Waals surface area contributed by atoms with Gasteiger partial charge in [0, 0.05) is 6.54 Å². The molecule has 1 saturated heterocycles. The lowest BCUT2D eigenvalue weighted by Gasteiger charge is -2.25. The van der Waals surface area contributed by atoms with Gasteiger partial charge in [-0.15, -0.1) is 0 Å². The normalized spacial score (nSPS) is 22.8. The Hall–Kier alpha value is -1.10. The number of ether oxygens (including phenoxy) is 1. The van der Waals surface area contributed by atoms with E-state index in [-0.39, 0.29) is 11.3 Å². The first kappa shape index (κ1) is 17.0. The molecule has 0 aromatic rings. The lowest BCUT2D eigenvalue weighted by atomic mass is 9.87. The van der Waals surface area contributed by atoms with E-state index in [1.165, 1.54) is 19.3 Å². The van der Waals surface area contributed by atoms with Crippen molar-refractivity contribution >= 4 is 11.9 Å². The monoisotopic (exact) mass is 285 g/mol. The molecule has 2 atom stereocenters. The zero-order chi connectivity index (χ0) is 15.2. The summed E-state index contributed by atoms with van der Waals surface area (Å²) in [5.41, 5.74) is 0.0651. The number of carbonyl (C=O) groups is 2. The van der Waals surface area contributed by atoms with E-state index in [4.69, 9.17) is 9.84 Å². The molecular formula is C15H27NO4. The fourth-order valence-electron chi connectivity index (χ4n) is 2.39. The summed E-state index contributed by atoms with van der Waals surface area (Å²) in [6.45, 7) is 7.05. The van der Waals surface area contributed by atoms with E-state index in [0.29, 0.717) is 19.4 Å². The number of unbranched alkanes of at least 4 members (excludes halogenated alkanes) is 2. The van der Waals surface area contributed by atoms with Crippen molar-refractivity contribution in [3.8, 4) is 0 Å². The van der Waals surface area contributed by atoms with E-state index in [1.54, 1.807) is 0 Å². The van der Waals surface area contributed by atoms with Gasteiger partial charge in [0.15, 0.2) is 6.10 Å². The van der Waals surface area contributed by atoms with Gasteiger partial charge in [-0.25, -0.2) is 4.79 Å². The van der Waals surface area contributed by atoms with E-state index < -0.39 is 18.2 Å². The maximum atomic E-state index is 12.0. The molecule has 1 aliphatic rings. The van der Waals surface area contributed by atoms with E-state index in [0.717, 1.165) is 6.42 Å². The average Bonchev–Trinajstić information content (AvgIpc) is 2.86. The Balaban J connectivity index is 2.30. The lowest BCUT2D eigenvalue weighted by molar-refractivity contribution is -0.151. The van der Waals surface area contributed by atoms with Crippen LogP contribution in [-0.4, -0.2) is 35.7 Å². The SMILES string of the molecule is CCCCCC(C)(C)CNC(=O)C1CCC(C(=O)O)O1. The van der Waals surface area contributed by atoms with Crippen molar-refractivity contribution in [1.82, 2.24) is 5.32 Å². The molecule has 1 fully saturated rings. The molecule has 0 saturated carbocycles. The molecule has 5 nitrogen and oxygen atoms in total. The smallest absolute Gasteiger partial charge is 0.332 e. The van der Waals surface area contributed by atoms with Gasteiger partial charge >= 0.3 is 5.97 Å². The van der Waals surface area contributed by atoms with Gasteiger partial charge in [0.05, 0.1) is 0 Å². The third kappa shape index (κ3) is 5.49. The summed E-state index contributed by atoms with van der Waals surface area (Å²) >= 11 is 0. The molecule has 1 rings (SSSR count). The van der Waals surface area contributed by atoms with Gasteiger partial charge in [-0.2, -0.15) is 0 Å². The predicted octanol–water partition coefficient (Wildman–Crippen LogP) is 2.34. The molecule has 2 unspecified atom stereocenters. The molecule has 116 valence electrons. The third-order valence-corrected chi connectivity index (χ3v) is 3.79. The van der Waals surface area contributed by atoms with Crippen LogP contribution in [0.2, 0.25) is 0 Å². The van der Waals surface area contributed by atoms with Gasteiger partial charge in [-0.05, 0) is 24.7 Å². The van der Waals surface area contributed by atoms with Gasteiger partial charge in [0.1, 0.15) is 6.10 Å². The summed E-state index contributed by atoms with van der Waals surface area (Å²) < 4.78 is 5.24. The maximum Gasteiger partial charge on any atom is 0.332 e. The van der Waals surface area contributed by atoms with Crippen molar-refractivity contribution in [3.63, 3.8) is 0 Å². The molecule has 0 aromatic heterocycles. The Bertz CT molecular complexity index is 341. The lowest BCUT2D eigenvalue weighted by Crippen LogP contribution is -2.40.